The summed E-state index contributed by atoms with van der Waals surface area (Å²) >= 11 is 3.41. The van der Waals surface area contributed by atoms with Gasteiger partial charge in [0, 0.05) is 16.2 Å². The zero-order chi connectivity index (χ0) is 16.4. The molecule has 23 heavy (non-hydrogen) atoms. The van der Waals surface area contributed by atoms with Crippen LogP contribution >= 0.6 is 15.9 Å². The minimum absolute atomic E-state index is 0.0770. The van der Waals surface area contributed by atoms with Crippen molar-refractivity contribution in [3.05, 3.63) is 63.9 Å². The second kappa shape index (κ2) is 6.78. The van der Waals surface area contributed by atoms with E-state index in [-0.39, 0.29) is 23.8 Å². The molecule has 0 spiro atoms. The van der Waals surface area contributed by atoms with E-state index >= 15 is 0 Å². The molecule has 3 rings (SSSR count). The minimum atomic E-state index is -0.340. The van der Waals surface area contributed by atoms with Crippen molar-refractivity contribution in [1.29, 1.82) is 0 Å². The molecule has 3 N–H and O–H groups in total. The largest absolute Gasteiger partial charge is 0.324 e. The van der Waals surface area contributed by atoms with Gasteiger partial charge in [-0.25, -0.2) is 15.2 Å². The second-order valence-electron chi connectivity index (χ2n) is 5.63. The van der Waals surface area contributed by atoms with Crippen LogP contribution in [-0.4, -0.2) is 11.9 Å². The topological polar surface area (TPSA) is 53.2 Å². The van der Waals surface area contributed by atoms with Crippen molar-refractivity contribution < 1.29 is 9.18 Å². The lowest BCUT2D eigenvalue weighted by atomic mass is 10.0. The van der Waals surface area contributed by atoms with Crippen LogP contribution in [0.4, 0.5) is 10.1 Å². The molecular weight excluding hydrogens is 361 g/mol. The number of hydrogen-bond donors (Lipinski definition) is 3. The molecule has 1 amide bonds. The summed E-state index contributed by atoms with van der Waals surface area (Å²) in [6.45, 7) is 1.77. The number of hydrogen-bond acceptors (Lipinski definition) is 3. The van der Waals surface area contributed by atoms with Gasteiger partial charge in [0.2, 0.25) is 5.91 Å². The van der Waals surface area contributed by atoms with Gasteiger partial charge in [-0.2, -0.15) is 0 Å². The molecule has 0 bridgehead atoms. The molecule has 0 radical (unpaired) electrons. The number of benzene rings is 2. The third-order valence-corrected chi connectivity index (χ3v) is 4.47. The van der Waals surface area contributed by atoms with Crippen LogP contribution in [0.15, 0.2) is 46.9 Å². The lowest BCUT2D eigenvalue weighted by Crippen LogP contribution is -2.39. The van der Waals surface area contributed by atoms with E-state index in [2.05, 4.69) is 32.1 Å². The first-order valence-corrected chi connectivity index (χ1v) is 8.16. The van der Waals surface area contributed by atoms with Gasteiger partial charge in [0.25, 0.3) is 0 Å². The van der Waals surface area contributed by atoms with Crippen LogP contribution in [0.5, 0.6) is 0 Å². The molecule has 4 nitrogen and oxygen atoms in total. The van der Waals surface area contributed by atoms with E-state index in [4.69, 9.17) is 0 Å². The van der Waals surface area contributed by atoms with Crippen molar-refractivity contribution in [1.82, 2.24) is 10.9 Å². The molecule has 1 fully saturated rings. The average Bonchev–Trinajstić information content (AvgIpc) is 3.01. The minimum Gasteiger partial charge on any atom is -0.324 e. The summed E-state index contributed by atoms with van der Waals surface area (Å²) < 4.78 is 14.1. The Hall–Kier alpha value is -1.76. The number of nitrogens with one attached hydrogen (secondary N) is 3. The fraction of sp³-hybridized carbons (Fsp3) is 0.235. The molecule has 1 aliphatic rings. The Bertz CT molecular complexity index is 720. The molecule has 2 unspecified atom stereocenters. The highest BCUT2D eigenvalue weighted by atomic mass is 79.9. The summed E-state index contributed by atoms with van der Waals surface area (Å²) in [5.41, 5.74) is 8.62. The first-order valence-electron chi connectivity index (χ1n) is 7.36. The summed E-state index contributed by atoms with van der Waals surface area (Å²) in [7, 11) is 0. The van der Waals surface area contributed by atoms with Gasteiger partial charge in [0.1, 0.15) is 11.9 Å². The zero-order valence-corrected chi connectivity index (χ0v) is 14.2. The number of amides is 1. The van der Waals surface area contributed by atoms with Crippen LogP contribution in [-0.2, 0) is 4.79 Å². The number of anilines is 1. The monoisotopic (exact) mass is 377 g/mol. The van der Waals surface area contributed by atoms with Crippen molar-refractivity contribution in [2.24, 2.45) is 0 Å². The molecule has 0 aliphatic carbocycles. The van der Waals surface area contributed by atoms with Crippen molar-refractivity contribution >= 4 is 27.5 Å². The number of halogens is 2. The molecule has 1 aliphatic heterocycles. The van der Waals surface area contributed by atoms with Crippen molar-refractivity contribution in [2.45, 2.75) is 25.4 Å². The smallest absolute Gasteiger partial charge is 0.242 e. The van der Waals surface area contributed by atoms with Crippen LogP contribution in [0.3, 0.4) is 0 Å². The van der Waals surface area contributed by atoms with Crippen LogP contribution in [0, 0.1) is 12.7 Å². The Labute approximate surface area is 142 Å². The predicted molar refractivity (Wildman–Crippen MR) is 91.3 cm³/mol. The van der Waals surface area contributed by atoms with Crippen LogP contribution in [0.1, 0.15) is 23.6 Å². The van der Waals surface area contributed by atoms with Gasteiger partial charge in [-0.05, 0) is 54.8 Å². The van der Waals surface area contributed by atoms with E-state index in [0.29, 0.717) is 17.7 Å². The lowest BCUT2D eigenvalue weighted by Gasteiger charge is -2.12. The first-order chi connectivity index (χ1) is 11.0. The fourth-order valence-electron chi connectivity index (χ4n) is 2.63. The van der Waals surface area contributed by atoms with E-state index in [1.807, 2.05) is 24.3 Å². The zero-order valence-electron chi connectivity index (χ0n) is 12.6. The molecule has 0 saturated carbocycles. The molecule has 2 aromatic rings. The maximum absolute atomic E-state index is 13.1. The normalized spacial score (nSPS) is 20.5. The van der Waals surface area contributed by atoms with Gasteiger partial charge in [-0.15, -0.1) is 0 Å². The standard InChI is InChI=1S/C17H17BrFN3O/c1-10-8-13(19)6-7-14(10)20-17(23)16-9-15(21-22-16)11-2-4-12(18)5-3-11/h2-8,15-16,21-22H,9H2,1H3,(H,20,23). The van der Waals surface area contributed by atoms with E-state index in [9.17, 15) is 9.18 Å². The highest BCUT2D eigenvalue weighted by Crippen LogP contribution is 2.25. The molecule has 120 valence electrons. The van der Waals surface area contributed by atoms with Gasteiger partial charge in [-0.3, -0.25) is 4.79 Å². The maximum atomic E-state index is 13.1. The number of carbonyl (C=O) groups is 1. The average molecular weight is 378 g/mol. The summed E-state index contributed by atoms with van der Waals surface area (Å²) in [4.78, 5) is 12.4. The number of aryl methyl sites for hydroxylation is 1. The molecular formula is C17H17BrFN3O. The van der Waals surface area contributed by atoms with Crippen molar-refractivity contribution in [3.63, 3.8) is 0 Å². The summed E-state index contributed by atoms with van der Waals surface area (Å²) in [5, 5.41) is 2.84. The van der Waals surface area contributed by atoms with Crippen LogP contribution < -0.4 is 16.2 Å². The quantitative estimate of drug-likeness (QED) is 0.767. The van der Waals surface area contributed by atoms with Gasteiger partial charge in [0.15, 0.2) is 0 Å². The van der Waals surface area contributed by atoms with E-state index in [1.165, 1.54) is 12.1 Å². The van der Waals surface area contributed by atoms with E-state index in [0.717, 1.165) is 10.0 Å². The fourth-order valence-corrected chi connectivity index (χ4v) is 2.89. The first kappa shape index (κ1) is 16.1. The Morgan fingerprint density at radius 1 is 1.22 bits per heavy atom. The van der Waals surface area contributed by atoms with Crippen LogP contribution in [0.2, 0.25) is 0 Å². The summed E-state index contributed by atoms with van der Waals surface area (Å²) in [6, 6.07) is 12.1. The Morgan fingerprint density at radius 2 is 1.96 bits per heavy atom. The highest BCUT2D eigenvalue weighted by Gasteiger charge is 2.30. The van der Waals surface area contributed by atoms with E-state index < -0.39 is 0 Å². The molecule has 0 aromatic heterocycles. The predicted octanol–water partition coefficient (Wildman–Crippen LogP) is 3.44. The lowest BCUT2D eigenvalue weighted by molar-refractivity contribution is -0.117. The number of hydrazine groups is 1. The molecule has 2 aromatic carbocycles. The van der Waals surface area contributed by atoms with Crippen molar-refractivity contribution in [2.75, 3.05) is 5.32 Å². The molecule has 1 heterocycles. The second-order valence-corrected chi connectivity index (χ2v) is 6.55. The van der Waals surface area contributed by atoms with Crippen molar-refractivity contribution in [3.8, 4) is 0 Å². The van der Waals surface area contributed by atoms with Gasteiger partial charge >= 0.3 is 0 Å². The van der Waals surface area contributed by atoms with Gasteiger partial charge < -0.3 is 5.32 Å². The summed E-state index contributed by atoms with van der Waals surface area (Å²) in [6.07, 6.45) is 0.647. The Morgan fingerprint density at radius 3 is 2.65 bits per heavy atom. The molecule has 6 heteroatoms. The highest BCUT2D eigenvalue weighted by molar-refractivity contribution is 9.10. The van der Waals surface area contributed by atoms with Crippen LogP contribution in [0.25, 0.3) is 0 Å². The Balaban J connectivity index is 1.64. The number of carbonyl (C=O) groups excluding carboxylic acids is 1. The van der Waals surface area contributed by atoms with Gasteiger partial charge in [0.05, 0.1) is 0 Å². The molecule has 2 atom stereocenters. The third kappa shape index (κ3) is 3.77. The number of rotatable bonds is 3. The SMILES string of the molecule is Cc1cc(F)ccc1NC(=O)C1CC(c2ccc(Br)cc2)NN1. The van der Waals surface area contributed by atoms with E-state index in [1.54, 1.807) is 13.0 Å². The van der Waals surface area contributed by atoms with Gasteiger partial charge in [-0.1, -0.05) is 28.1 Å². The summed E-state index contributed by atoms with van der Waals surface area (Å²) in [5.74, 6) is -0.441. The third-order valence-electron chi connectivity index (χ3n) is 3.94. The Kier molecular flexibility index (Phi) is 4.75. The maximum Gasteiger partial charge on any atom is 0.242 e. The molecule has 1 saturated heterocycles.